The molecule has 46 valence electrons. The van der Waals surface area contributed by atoms with E-state index >= 15 is 0 Å². The fourth-order valence-corrected chi connectivity index (χ4v) is 0.909. The van der Waals surface area contributed by atoms with Crippen molar-refractivity contribution in [2.75, 3.05) is 0 Å². The van der Waals surface area contributed by atoms with Crippen molar-refractivity contribution >= 4 is 23.3 Å². The van der Waals surface area contributed by atoms with Gasteiger partial charge in [-0.15, -0.1) is 0 Å². The van der Waals surface area contributed by atoms with Gasteiger partial charge in [-0.05, 0) is 0 Å². The first-order valence-electron chi connectivity index (χ1n) is 2.75. The molecule has 0 radical (unpaired) electrons. The Hall–Kier alpha value is -0.760. The van der Waals surface area contributed by atoms with Gasteiger partial charge < -0.3 is 5.41 Å². The molecule has 0 amide bonds. The van der Waals surface area contributed by atoms with E-state index in [2.05, 4.69) is 0 Å². The fraction of sp³-hybridized carbons (Fsp3) is 0.143. The number of nitrogens with one attached hydrogen (secondary N) is 1. The number of hydrogen-bond acceptors (Lipinski definition) is 2. The number of allylic oxidation sites excluding steroid dienone is 4. The van der Waals surface area contributed by atoms with Gasteiger partial charge in [-0.2, -0.15) is 0 Å². The van der Waals surface area contributed by atoms with Crippen molar-refractivity contribution in [3.63, 3.8) is 0 Å². The normalized spacial score (nSPS) is 17.3. The third-order valence-corrected chi connectivity index (χ3v) is 1.59. The van der Waals surface area contributed by atoms with Crippen molar-refractivity contribution in [3.05, 3.63) is 23.8 Å². The number of rotatable bonds is 1. The second-order valence-electron chi connectivity index (χ2n) is 1.82. The van der Waals surface area contributed by atoms with Crippen molar-refractivity contribution in [1.82, 2.24) is 0 Å². The molecule has 0 heterocycles. The summed E-state index contributed by atoms with van der Waals surface area (Å²) < 4.78 is 0. The molecule has 0 saturated carbocycles. The lowest BCUT2D eigenvalue weighted by Crippen LogP contribution is -2.01. The highest BCUT2D eigenvalue weighted by molar-refractivity contribution is 7.81. The molecule has 0 unspecified atom stereocenters. The van der Waals surface area contributed by atoms with E-state index in [1.54, 1.807) is 0 Å². The Kier molecular flexibility index (Phi) is 1.90. The molecule has 1 N–H and O–H groups in total. The van der Waals surface area contributed by atoms with Gasteiger partial charge in [0.2, 0.25) is 0 Å². The van der Waals surface area contributed by atoms with Gasteiger partial charge in [0.1, 0.15) is 0 Å². The molecule has 9 heavy (non-hydrogen) atoms. The zero-order chi connectivity index (χ0) is 6.69. The van der Waals surface area contributed by atoms with E-state index in [1.165, 1.54) is 6.21 Å². The van der Waals surface area contributed by atoms with Gasteiger partial charge in [0.25, 0.3) is 0 Å². The summed E-state index contributed by atoms with van der Waals surface area (Å²) in [6.07, 6.45) is 7.90. The maximum atomic E-state index is 6.91. The molecule has 0 aromatic heterocycles. The second kappa shape index (κ2) is 2.69. The molecule has 0 aromatic rings. The van der Waals surface area contributed by atoms with E-state index in [9.17, 15) is 0 Å². The zero-order valence-electron chi connectivity index (χ0n) is 4.92. The van der Waals surface area contributed by atoms with Crippen LogP contribution in [0.3, 0.4) is 0 Å². The zero-order valence-corrected chi connectivity index (χ0v) is 5.74. The summed E-state index contributed by atoms with van der Waals surface area (Å²) in [5.41, 5.74) is 0.868. The SMILES string of the molecule is N=CC1=CC=CCC1=S. The second-order valence-corrected chi connectivity index (χ2v) is 2.31. The monoisotopic (exact) mass is 137 g/mol. The largest absolute Gasteiger partial charge is 0.308 e. The summed E-state index contributed by atoms with van der Waals surface area (Å²) in [4.78, 5) is 0.868. The molecule has 1 nitrogen and oxygen atoms in total. The first-order valence-corrected chi connectivity index (χ1v) is 3.16. The predicted molar refractivity (Wildman–Crippen MR) is 43.2 cm³/mol. The molecular formula is C7H7NS. The Morgan fingerprint density at radius 2 is 2.44 bits per heavy atom. The number of thiocarbonyl (C=S) groups is 1. The molecule has 0 fully saturated rings. The van der Waals surface area contributed by atoms with E-state index in [-0.39, 0.29) is 0 Å². The van der Waals surface area contributed by atoms with E-state index in [0.29, 0.717) is 0 Å². The van der Waals surface area contributed by atoms with E-state index < -0.39 is 0 Å². The fourth-order valence-electron chi connectivity index (χ4n) is 0.686. The van der Waals surface area contributed by atoms with Crippen LogP contribution in [-0.4, -0.2) is 11.1 Å². The maximum absolute atomic E-state index is 6.91. The minimum atomic E-state index is 0.816. The third-order valence-electron chi connectivity index (χ3n) is 1.19. The van der Waals surface area contributed by atoms with Crippen LogP contribution < -0.4 is 0 Å². The summed E-state index contributed by atoms with van der Waals surface area (Å²) >= 11 is 4.96. The van der Waals surface area contributed by atoms with E-state index in [0.717, 1.165) is 16.9 Å². The third kappa shape index (κ3) is 1.33. The van der Waals surface area contributed by atoms with Gasteiger partial charge in [0.15, 0.2) is 0 Å². The molecule has 2 heteroatoms. The highest BCUT2D eigenvalue weighted by Crippen LogP contribution is 2.06. The average Bonchev–Trinajstić information content (AvgIpc) is 1.89. The molecule has 1 rings (SSSR count). The first kappa shape index (κ1) is 6.36. The minimum Gasteiger partial charge on any atom is -0.308 e. The predicted octanol–water partition coefficient (Wildman–Crippen LogP) is 1.89. The average molecular weight is 137 g/mol. The Morgan fingerprint density at radius 3 is 2.89 bits per heavy atom. The van der Waals surface area contributed by atoms with Crippen molar-refractivity contribution < 1.29 is 0 Å². The molecule has 0 spiro atoms. The van der Waals surface area contributed by atoms with Gasteiger partial charge in [0, 0.05) is 23.1 Å². The highest BCUT2D eigenvalue weighted by Gasteiger charge is 2.00. The maximum Gasteiger partial charge on any atom is 0.0277 e. The molecular weight excluding hydrogens is 130 g/mol. The van der Waals surface area contributed by atoms with Crippen LogP contribution in [0.25, 0.3) is 0 Å². The standard InChI is InChI=1S/C7H7NS/c8-5-6-3-1-2-4-7(6)9/h1-3,5,8H,4H2. The van der Waals surface area contributed by atoms with Crippen LogP contribution in [0, 0.1) is 5.41 Å². The van der Waals surface area contributed by atoms with Crippen molar-refractivity contribution in [1.29, 1.82) is 5.41 Å². The van der Waals surface area contributed by atoms with Crippen molar-refractivity contribution in [2.24, 2.45) is 0 Å². The van der Waals surface area contributed by atoms with Crippen LogP contribution in [0.2, 0.25) is 0 Å². The Bertz CT molecular complexity index is 201. The van der Waals surface area contributed by atoms with Crippen molar-refractivity contribution in [2.45, 2.75) is 6.42 Å². The van der Waals surface area contributed by atoms with E-state index in [4.69, 9.17) is 17.6 Å². The topological polar surface area (TPSA) is 23.9 Å². The molecule has 0 aliphatic heterocycles. The molecule has 1 aliphatic carbocycles. The lowest BCUT2D eigenvalue weighted by molar-refractivity contribution is 1.47. The van der Waals surface area contributed by atoms with Crippen LogP contribution in [0.4, 0.5) is 0 Å². The van der Waals surface area contributed by atoms with Crippen LogP contribution in [-0.2, 0) is 0 Å². The Labute approximate surface area is 59.6 Å². The minimum absolute atomic E-state index is 0.816. The van der Waals surface area contributed by atoms with Crippen LogP contribution in [0.1, 0.15) is 6.42 Å². The molecule has 1 aliphatic rings. The Balaban J connectivity index is 2.86. The Morgan fingerprint density at radius 1 is 1.67 bits per heavy atom. The van der Waals surface area contributed by atoms with Crippen LogP contribution in [0.15, 0.2) is 23.8 Å². The van der Waals surface area contributed by atoms with Crippen molar-refractivity contribution in [3.8, 4) is 0 Å². The summed E-state index contributed by atoms with van der Waals surface area (Å²) in [6.45, 7) is 0. The quantitative estimate of drug-likeness (QED) is 0.433. The number of hydrogen-bond donors (Lipinski definition) is 1. The first-order chi connectivity index (χ1) is 4.34. The summed E-state index contributed by atoms with van der Waals surface area (Å²) in [5.74, 6) is 0. The molecule has 0 atom stereocenters. The van der Waals surface area contributed by atoms with Gasteiger partial charge in [0.05, 0.1) is 0 Å². The highest BCUT2D eigenvalue weighted by atomic mass is 32.1. The summed E-state index contributed by atoms with van der Waals surface area (Å²) in [7, 11) is 0. The van der Waals surface area contributed by atoms with Crippen LogP contribution >= 0.6 is 12.2 Å². The lowest BCUT2D eigenvalue weighted by Gasteiger charge is -2.02. The lowest BCUT2D eigenvalue weighted by atomic mass is 10.1. The molecule has 0 bridgehead atoms. The van der Waals surface area contributed by atoms with Gasteiger partial charge >= 0.3 is 0 Å². The summed E-state index contributed by atoms with van der Waals surface area (Å²) in [5, 5.41) is 6.91. The molecule has 0 aromatic carbocycles. The van der Waals surface area contributed by atoms with Crippen LogP contribution in [0.5, 0.6) is 0 Å². The van der Waals surface area contributed by atoms with Gasteiger partial charge in [-0.25, -0.2) is 0 Å². The van der Waals surface area contributed by atoms with E-state index in [1.807, 2.05) is 18.2 Å². The van der Waals surface area contributed by atoms with Gasteiger partial charge in [-0.3, -0.25) is 0 Å². The molecule has 0 saturated heterocycles. The smallest absolute Gasteiger partial charge is 0.0277 e. The summed E-state index contributed by atoms with van der Waals surface area (Å²) in [6, 6.07) is 0. The van der Waals surface area contributed by atoms with Gasteiger partial charge in [-0.1, -0.05) is 30.4 Å².